The van der Waals surface area contributed by atoms with Gasteiger partial charge in [0, 0.05) is 33.1 Å². The van der Waals surface area contributed by atoms with Crippen LogP contribution in [0.5, 0.6) is 5.75 Å². The SMILES string of the molecule is CC(=O)N1CCN(C(=O)NCCOc2cccc(C)c2)CC1. The average Bonchev–Trinajstić information content (AvgIpc) is 2.51. The molecule has 120 valence electrons. The molecular weight excluding hydrogens is 282 g/mol. The first-order valence-electron chi connectivity index (χ1n) is 7.54. The number of nitrogens with one attached hydrogen (secondary N) is 1. The molecule has 0 radical (unpaired) electrons. The predicted molar refractivity (Wildman–Crippen MR) is 83.9 cm³/mol. The van der Waals surface area contributed by atoms with E-state index >= 15 is 0 Å². The highest BCUT2D eigenvalue weighted by molar-refractivity contribution is 5.76. The highest BCUT2D eigenvalue weighted by Crippen LogP contribution is 2.11. The minimum atomic E-state index is -0.101. The molecule has 1 heterocycles. The van der Waals surface area contributed by atoms with Crippen molar-refractivity contribution in [3.8, 4) is 5.75 Å². The predicted octanol–water partition coefficient (Wildman–Crippen LogP) is 1.25. The summed E-state index contributed by atoms with van der Waals surface area (Å²) in [5.41, 5.74) is 1.14. The Labute approximate surface area is 131 Å². The van der Waals surface area contributed by atoms with Crippen LogP contribution in [-0.2, 0) is 4.79 Å². The number of aryl methyl sites for hydroxylation is 1. The molecule has 1 N–H and O–H groups in total. The number of amides is 3. The zero-order valence-corrected chi connectivity index (χ0v) is 13.2. The van der Waals surface area contributed by atoms with Crippen LogP contribution in [0.4, 0.5) is 4.79 Å². The van der Waals surface area contributed by atoms with Crippen LogP contribution in [0, 0.1) is 6.92 Å². The van der Waals surface area contributed by atoms with Gasteiger partial charge in [-0.05, 0) is 24.6 Å². The third kappa shape index (κ3) is 4.65. The summed E-state index contributed by atoms with van der Waals surface area (Å²) in [5, 5.41) is 2.84. The zero-order chi connectivity index (χ0) is 15.9. The summed E-state index contributed by atoms with van der Waals surface area (Å²) in [5.74, 6) is 0.871. The van der Waals surface area contributed by atoms with Crippen LogP contribution in [0.25, 0.3) is 0 Å². The molecule has 0 aromatic heterocycles. The van der Waals surface area contributed by atoms with Crippen molar-refractivity contribution >= 4 is 11.9 Å². The van der Waals surface area contributed by atoms with E-state index in [1.54, 1.807) is 16.7 Å². The zero-order valence-electron chi connectivity index (χ0n) is 13.2. The van der Waals surface area contributed by atoms with Gasteiger partial charge in [0.25, 0.3) is 0 Å². The Hall–Kier alpha value is -2.24. The normalized spacial score (nSPS) is 14.6. The summed E-state index contributed by atoms with van der Waals surface area (Å²) in [7, 11) is 0. The molecule has 1 aromatic rings. The second-order valence-electron chi connectivity index (χ2n) is 5.39. The summed E-state index contributed by atoms with van der Waals surface area (Å²) in [6.07, 6.45) is 0. The summed E-state index contributed by atoms with van der Waals surface area (Å²) < 4.78 is 5.59. The molecular formula is C16H23N3O3. The monoisotopic (exact) mass is 305 g/mol. The van der Waals surface area contributed by atoms with E-state index in [9.17, 15) is 9.59 Å². The molecule has 6 nitrogen and oxygen atoms in total. The molecule has 22 heavy (non-hydrogen) atoms. The van der Waals surface area contributed by atoms with Crippen molar-refractivity contribution in [2.75, 3.05) is 39.3 Å². The third-order valence-electron chi connectivity index (χ3n) is 3.65. The molecule has 1 aliphatic heterocycles. The standard InChI is InChI=1S/C16H23N3O3/c1-13-4-3-5-15(12-13)22-11-6-17-16(21)19-9-7-18(8-10-19)14(2)20/h3-5,12H,6-11H2,1-2H3,(H,17,21). The molecule has 0 unspecified atom stereocenters. The Bertz CT molecular complexity index is 525. The van der Waals surface area contributed by atoms with E-state index in [-0.39, 0.29) is 11.9 Å². The van der Waals surface area contributed by atoms with Crippen LogP contribution in [0.2, 0.25) is 0 Å². The number of nitrogens with zero attached hydrogens (tertiary/aromatic N) is 2. The quantitative estimate of drug-likeness (QED) is 0.852. The number of ether oxygens (including phenoxy) is 1. The van der Waals surface area contributed by atoms with E-state index in [4.69, 9.17) is 4.74 Å². The topological polar surface area (TPSA) is 61.9 Å². The van der Waals surface area contributed by atoms with Crippen molar-refractivity contribution in [3.63, 3.8) is 0 Å². The maximum atomic E-state index is 12.0. The number of benzene rings is 1. The first-order chi connectivity index (χ1) is 10.6. The first-order valence-corrected chi connectivity index (χ1v) is 7.54. The minimum Gasteiger partial charge on any atom is -0.492 e. The van der Waals surface area contributed by atoms with E-state index in [1.807, 2.05) is 31.2 Å². The second-order valence-corrected chi connectivity index (χ2v) is 5.39. The summed E-state index contributed by atoms with van der Waals surface area (Å²) in [6, 6.07) is 7.71. The molecule has 0 bridgehead atoms. The molecule has 0 aliphatic carbocycles. The number of carbonyl (C=O) groups is 2. The number of piperazine rings is 1. The van der Waals surface area contributed by atoms with E-state index in [0.29, 0.717) is 39.3 Å². The van der Waals surface area contributed by atoms with Gasteiger partial charge in [-0.25, -0.2) is 4.79 Å². The van der Waals surface area contributed by atoms with E-state index < -0.39 is 0 Å². The smallest absolute Gasteiger partial charge is 0.317 e. The van der Waals surface area contributed by atoms with Crippen LogP contribution in [0.3, 0.4) is 0 Å². The van der Waals surface area contributed by atoms with E-state index in [0.717, 1.165) is 11.3 Å². The molecule has 0 saturated carbocycles. The van der Waals surface area contributed by atoms with Crippen molar-refractivity contribution in [1.82, 2.24) is 15.1 Å². The fourth-order valence-corrected chi connectivity index (χ4v) is 2.37. The van der Waals surface area contributed by atoms with Crippen LogP contribution in [0.1, 0.15) is 12.5 Å². The first kappa shape index (κ1) is 16.1. The Kier molecular flexibility index (Phi) is 5.63. The number of hydrogen-bond donors (Lipinski definition) is 1. The molecule has 1 fully saturated rings. The largest absolute Gasteiger partial charge is 0.492 e. The molecule has 1 aliphatic rings. The highest BCUT2D eigenvalue weighted by atomic mass is 16.5. The van der Waals surface area contributed by atoms with Gasteiger partial charge in [0.1, 0.15) is 12.4 Å². The van der Waals surface area contributed by atoms with Gasteiger partial charge in [-0.1, -0.05) is 12.1 Å². The van der Waals surface area contributed by atoms with Crippen LogP contribution in [-0.4, -0.2) is 61.1 Å². The fourth-order valence-electron chi connectivity index (χ4n) is 2.37. The third-order valence-corrected chi connectivity index (χ3v) is 3.65. The lowest BCUT2D eigenvalue weighted by Gasteiger charge is -2.34. The summed E-state index contributed by atoms with van der Waals surface area (Å²) >= 11 is 0. The molecule has 6 heteroatoms. The summed E-state index contributed by atoms with van der Waals surface area (Å²) in [4.78, 5) is 26.7. The molecule has 3 amide bonds. The molecule has 1 aromatic carbocycles. The number of rotatable bonds is 4. The van der Waals surface area contributed by atoms with Gasteiger partial charge in [-0.2, -0.15) is 0 Å². The van der Waals surface area contributed by atoms with E-state index in [1.165, 1.54) is 0 Å². The van der Waals surface area contributed by atoms with Crippen LogP contribution >= 0.6 is 0 Å². The Balaban J connectivity index is 1.65. The lowest BCUT2D eigenvalue weighted by Crippen LogP contribution is -2.53. The second kappa shape index (κ2) is 7.68. The number of hydrogen-bond acceptors (Lipinski definition) is 3. The van der Waals surface area contributed by atoms with Gasteiger partial charge in [0.15, 0.2) is 0 Å². The van der Waals surface area contributed by atoms with Gasteiger partial charge in [-0.3, -0.25) is 4.79 Å². The average molecular weight is 305 g/mol. The molecule has 2 rings (SSSR count). The maximum absolute atomic E-state index is 12.0. The van der Waals surface area contributed by atoms with E-state index in [2.05, 4.69) is 5.32 Å². The van der Waals surface area contributed by atoms with Gasteiger partial charge in [0.05, 0.1) is 6.54 Å². The van der Waals surface area contributed by atoms with Crippen molar-refractivity contribution in [3.05, 3.63) is 29.8 Å². The Morgan fingerprint density at radius 1 is 1.18 bits per heavy atom. The number of urea groups is 1. The van der Waals surface area contributed by atoms with Crippen molar-refractivity contribution in [1.29, 1.82) is 0 Å². The van der Waals surface area contributed by atoms with Crippen molar-refractivity contribution in [2.24, 2.45) is 0 Å². The van der Waals surface area contributed by atoms with Gasteiger partial charge in [-0.15, -0.1) is 0 Å². The molecule has 1 saturated heterocycles. The van der Waals surface area contributed by atoms with Gasteiger partial charge in [0.2, 0.25) is 5.91 Å². The Morgan fingerprint density at radius 3 is 2.50 bits per heavy atom. The summed E-state index contributed by atoms with van der Waals surface area (Å²) in [6.45, 7) is 6.80. The molecule has 0 atom stereocenters. The van der Waals surface area contributed by atoms with Gasteiger partial charge < -0.3 is 19.9 Å². The van der Waals surface area contributed by atoms with Gasteiger partial charge >= 0.3 is 6.03 Å². The van der Waals surface area contributed by atoms with Crippen LogP contribution in [0.15, 0.2) is 24.3 Å². The van der Waals surface area contributed by atoms with Crippen molar-refractivity contribution in [2.45, 2.75) is 13.8 Å². The lowest BCUT2D eigenvalue weighted by atomic mass is 10.2. The lowest BCUT2D eigenvalue weighted by molar-refractivity contribution is -0.130. The molecule has 0 spiro atoms. The minimum absolute atomic E-state index is 0.0617. The van der Waals surface area contributed by atoms with Crippen molar-refractivity contribution < 1.29 is 14.3 Å². The maximum Gasteiger partial charge on any atom is 0.317 e. The Morgan fingerprint density at radius 2 is 1.86 bits per heavy atom. The number of carbonyl (C=O) groups excluding carboxylic acids is 2. The highest BCUT2D eigenvalue weighted by Gasteiger charge is 2.21. The van der Waals surface area contributed by atoms with Crippen LogP contribution < -0.4 is 10.1 Å². The fraction of sp³-hybridized carbons (Fsp3) is 0.500.